The number of rotatable bonds is 10. The van der Waals surface area contributed by atoms with Crippen LogP contribution in [0.4, 0.5) is 0 Å². The van der Waals surface area contributed by atoms with E-state index in [-0.39, 0.29) is 11.5 Å². The minimum Gasteiger partial charge on any atom is -0.496 e. The highest BCUT2D eigenvalue weighted by Gasteiger charge is 2.11. The minimum atomic E-state index is -0.914. The summed E-state index contributed by atoms with van der Waals surface area (Å²) < 4.78 is 11.2. The van der Waals surface area contributed by atoms with Gasteiger partial charge < -0.3 is 14.6 Å². The predicted molar refractivity (Wildman–Crippen MR) is 122 cm³/mol. The summed E-state index contributed by atoms with van der Waals surface area (Å²) in [6, 6.07) is 22.4. The summed E-state index contributed by atoms with van der Waals surface area (Å²) in [5.74, 6) is -0.0247. The van der Waals surface area contributed by atoms with E-state index in [2.05, 4.69) is 0 Å². The maximum atomic E-state index is 12.7. The first-order valence-electron chi connectivity index (χ1n) is 9.57. The Morgan fingerprint density at radius 1 is 0.968 bits per heavy atom. The van der Waals surface area contributed by atoms with Gasteiger partial charge in [-0.25, -0.2) is 0 Å². The van der Waals surface area contributed by atoms with Crippen molar-refractivity contribution in [1.82, 2.24) is 0 Å². The summed E-state index contributed by atoms with van der Waals surface area (Å²) in [6.07, 6.45) is 3.21. The van der Waals surface area contributed by atoms with E-state index in [0.717, 1.165) is 22.9 Å². The quantitative estimate of drug-likeness (QED) is 0.264. The second-order valence-corrected chi connectivity index (χ2v) is 7.57. The smallest absolute Gasteiger partial charge is 0.313 e. The number of ketones is 1. The molecule has 0 aromatic heterocycles. The Bertz CT molecular complexity index is 1080. The number of hydrogen-bond donors (Lipinski definition) is 1. The van der Waals surface area contributed by atoms with Crippen molar-refractivity contribution in [2.45, 2.75) is 11.5 Å². The lowest BCUT2D eigenvalue weighted by Gasteiger charge is -2.10. The highest BCUT2D eigenvalue weighted by molar-refractivity contribution is 8.00. The highest BCUT2D eigenvalue weighted by Crippen LogP contribution is 2.30. The van der Waals surface area contributed by atoms with Crippen LogP contribution in [-0.2, 0) is 11.4 Å². The van der Waals surface area contributed by atoms with Gasteiger partial charge in [-0.3, -0.25) is 9.59 Å². The number of thioether (sulfide) groups is 1. The molecule has 0 unspecified atom stereocenters. The number of hydrogen-bond acceptors (Lipinski definition) is 5. The number of carbonyl (C=O) groups is 2. The van der Waals surface area contributed by atoms with Crippen LogP contribution in [0.15, 0.2) is 83.8 Å². The number of benzene rings is 3. The molecule has 0 saturated heterocycles. The van der Waals surface area contributed by atoms with E-state index in [4.69, 9.17) is 14.6 Å². The van der Waals surface area contributed by atoms with Crippen molar-refractivity contribution in [3.63, 3.8) is 0 Å². The molecule has 0 spiro atoms. The number of ether oxygens (including phenoxy) is 2. The van der Waals surface area contributed by atoms with E-state index in [1.807, 2.05) is 54.6 Å². The molecule has 5 nitrogen and oxygen atoms in total. The Kier molecular flexibility index (Phi) is 7.90. The molecule has 0 radical (unpaired) electrons. The maximum absolute atomic E-state index is 12.7. The molecule has 6 heteroatoms. The SMILES string of the molecule is COc1cc(C(=O)C=Cc2ccccc2OCc2ccccc2)ccc1SCC(=O)O. The average Bonchev–Trinajstić information content (AvgIpc) is 2.80. The van der Waals surface area contributed by atoms with Crippen molar-refractivity contribution in [3.8, 4) is 11.5 Å². The van der Waals surface area contributed by atoms with Gasteiger partial charge in [0.25, 0.3) is 0 Å². The number of para-hydroxylation sites is 1. The molecule has 0 bridgehead atoms. The highest BCUT2D eigenvalue weighted by atomic mass is 32.2. The molecule has 0 saturated carbocycles. The van der Waals surface area contributed by atoms with Gasteiger partial charge in [-0.2, -0.15) is 0 Å². The van der Waals surface area contributed by atoms with Crippen molar-refractivity contribution in [2.75, 3.05) is 12.9 Å². The monoisotopic (exact) mass is 434 g/mol. The van der Waals surface area contributed by atoms with Gasteiger partial charge in [-0.15, -0.1) is 11.8 Å². The normalized spacial score (nSPS) is 10.7. The van der Waals surface area contributed by atoms with E-state index < -0.39 is 5.97 Å². The van der Waals surface area contributed by atoms with Crippen molar-refractivity contribution in [3.05, 3.63) is 95.6 Å². The summed E-state index contributed by atoms with van der Waals surface area (Å²) in [4.78, 5) is 24.1. The summed E-state index contributed by atoms with van der Waals surface area (Å²) in [6.45, 7) is 0.437. The first kappa shape index (κ1) is 22.2. The fourth-order valence-corrected chi connectivity index (χ4v) is 3.55. The molecule has 158 valence electrons. The van der Waals surface area contributed by atoms with E-state index in [0.29, 0.717) is 28.6 Å². The van der Waals surface area contributed by atoms with Crippen LogP contribution in [0.25, 0.3) is 6.08 Å². The number of aliphatic carboxylic acids is 1. The van der Waals surface area contributed by atoms with Crippen LogP contribution in [-0.4, -0.2) is 29.7 Å². The average molecular weight is 435 g/mol. The second kappa shape index (κ2) is 11.0. The molecule has 3 aromatic carbocycles. The Morgan fingerprint density at radius 3 is 2.45 bits per heavy atom. The van der Waals surface area contributed by atoms with Crippen molar-refractivity contribution < 1.29 is 24.2 Å². The third-order valence-corrected chi connectivity index (χ3v) is 5.41. The van der Waals surface area contributed by atoms with Crippen LogP contribution < -0.4 is 9.47 Å². The molecule has 0 heterocycles. The molecule has 0 fully saturated rings. The molecule has 3 aromatic rings. The summed E-state index contributed by atoms with van der Waals surface area (Å²) in [7, 11) is 1.49. The van der Waals surface area contributed by atoms with Gasteiger partial charge in [-0.1, -0.05) is 48.5 Å². The number of carboxylic acid groups (broad SMARTS) is 1. The zero-order valence-electron chi connectivity index (χ0n) is 17.0. The topological polar surface area (TPSA) is 72.8 Å². The van der Waals surface area contributed by atoms with Gasteiger partial charge in [0.1, 0.15) is 18.1 Å². The Morgan fingerprint density at radius 2 is 1.71 bits per heavy atom. The van der Waals surface area contributed by atoms with Gasteiger partial charge in [0.15, 0.2) is 5.78 Å². The van der Waals surface area contributed by atoms with Crippen molar-refractivity contribution in [1.29, 1.82) is 0 Å². The zero-order chi connectivity index (χ0) is 22.1. The molecular weight excluding hydrogens is 412 g/mol. The number of carbonyl (C=O) groups excluding carboxylic acids is 1. The van der Waals surface area contributed by atoms with E-state index in [9.17, 15) is 9.59 Å². The second-order valence-electron chi connectivity index (χ2n) is 6.56. The molecule has 0 aliphatic heterocycles. The molecule has 0 aliphatic carbocycles. The van der Waals surface area contributed by atoms with Crippen LogP contribution >= 0.6 is 11.8 Å². The third-order valence-electron chi connectivity index (χ3n) is 4.37. The maximum Gasteiger partial charge on any atom is 0.313 e. The molecule has 1 N–H and O–H groups in total. The number of methoxy groups -OCH3 is 1. The first-order valence-corrected chi connectivity index (χ1v) is 10.6. The zero-order valence-corrected chi connectivity index (χ0v) is 17.8. The standard InChI is InChI=1S/C25H22O5S/c1-29-23-15-20(12-14-24(23)31-17-25(27)28)21(26)13-11-19-9-5-6-10-22(19)30-16-18-7-3-2-4-8-18/h2-15H,16-17H2,1H3,(H,27,28). The van der Waals surface area contributed by atoms with E-state index in [1.54, 1.807) is 24.3 Å². The van der Waals surface area contributed by atoms with Gasteiger partial charge in [0, 0.05) is 16.0 Å². The molecule has 3 rings (SSSR count). The molecule has 0 amide bonds. The van der Waals surface area contributed by atoms with Crippen molar-refractivity contribution in [2.24, 2.45) is 0 Å². The Labute approximate surface area is 185 Å². The fraction of sp³-hybridized carbons (Fsp3) is 0.120. The van der Waals surface area contributed by atoms with Gasteiger partial charge in [0.2, 0.25) is 0 Å². The molecular formula is C25H22O5S. The largest absolute Gasteiger partial charge is 0.496 e. The minimum absolute atomic E-state index is 0.0800. The lowest BCUT2D eigenvalue weighted by molar-refractivity contribution is -0.133. The Balaban J connectivity index is 1.72. The number of carboxylic acids is 1. The Hall–Kier alpha value is -3.51. The molecule has 31 heavy (non-hydrogen) atoms. The van der Waals surface area contributed by atoms with Gasteiger partial charge >= 0.3 is 5.97 Å². The van der Waals surface area contributed by atoms with Gasteiger partial charge in [-0.05, 0) is 42.0 Å². The number of allylic oxidation sites excluding steroid dienone is 1. The lowest BCUT2D eigenvalue weighted by atomic mass is 10.1. The van der Waals surface area contributed by atoms with E-state index >= 15 is 0 Å². The summed E-state index contributed by atoms with van der Waals surface area (Å²) >= 11 is 1.15. The summed E-state index contributed by atoms with van der Waals surface area (Å²) in [5, 5.41) is 8.85. The summed E-state index contributed by atoms with van der Waals surface area (Å²) in [5.41, 5.74) is 2.31. The lowest BCUT2D eigenvalue weighted by Crippen LogP contribution is -2.00. The first-order chi connectivity index (χ1) is 15.1. The van der Waals surface area contributed by atoms with Crippen molar-refractivity contribution >= 4 is 29.6 Å². The van der Waals surface area contributed by atoms with Crippen LogP contribution in [0, 0.1) is 0 Å². The van der Waals surface area contributed by atoms with E-state index in [1.165, 1.54) is 13.2 Å². The predicted octanol–water partition coefficient (Wildman–Crippen LogP) is 5.35. The molecule has 0 aliphatic rings. The van der Waals surface area contributed by atoms with Gasteiger partial charge in [0.05, 0.1) is 12.9 Å². The third kappa shape index (κ3) is 6.49. The molecule has 0 atom stereocenters. The van der Waals surface area contributed by atoms with Crippen LogP contribution in [0.3, 0.4) is 0 Å². The fourth-order valence-electron chi connectivity index (χ4n) is 2.83. The van der Waals surface area contributed by atoms with Crippen LogP contribution in [0.5, 0.6) is 11.5 Å². The van der Waals surface area contributed by atoms with Crippen LogP contribution in [0.2, 0.25) is 0 Å². The van der Waals surface area contributed by atoms with Crippen LogP contribution in [0.1, 0.15) is 21.5 Å².